The normalized spacial score (nSPS) is 10.3. The Labute approximate surface area is 79.9 Å². The minimum Gasteiger partial charge on any atom is -0.478 e. The van der Waals surface area contributed by atoms with Crippen LogP contribution in [-0.4, -0.2) is 22.0 Å². The number of pyridine rings is 1. The Morgan fingerprint density at radius 2 is 2.14 bits per heavy atom. The SMILES string of the molecule is NC(=O)c1cncc(C=CC(=O)O)c1. The predicted molar refractivity (Wildman–Crippen MR) is 49.4 cm³/mol. The molecule has 1 rings (SSSR count). The van der Waals surface area contributed by atoms with E-state index in [1.807, 2.05) is 0 Å². The molecule has 1 aromatic heterocycles. The van der Waals surface area contributed by atoms with Gasteiger partial charge in [-0.1, -0.05) is 0 Å². The summed E-state index contributed by atoms with van der Waals surface area (Å²) in [5.41, 5.74) is 5.78. The molecule has 0 bridgehead atoms. The van der Waals surface area contributed by atoms with Crippen molar-refractivity contribution in [2.75, 3.05) is 0 Å². The molecular weight excluding hydrogens is 184 g/mol. The van der Waals surface area contributed by atoms with E-state index in [4.69, 9.17) is 10.8 Å². The van der Waals surface area contributed by atoms with Crippen LogP contribution in [0.3, 0.4) is 0 Å². The van der Waals surface area contributed by atoms with Crippen LogP contribution < -0.4 is 5.73 Å². The lowest BCUT2D eigenvalue weighted by Crippen LogP contribution is -2.11. The van der Waals surface area contributed by atoms with Gasteiger partial charge in [0.1, 0.15) is 0 Å². The molecular formula is C9H8N2O3. The number of carboxylic acids is 1. The number of primary amides is 1. The largest absolute Gasteiger partial charge is 0.478 e. The Kier molecular flexibility index (Phi) is 2.96. The second-order valence-corrected chi connectivity index (χ2v) is 2.54. The van der Waals surface area contributed by atoms with Gasteiger partial charge in [-0.3, -0.25) is 9.78 Å². The lowest BCUT2D eigenvalue weighted by atomic mass is 10.2. The molecule has 0 saturated heterocycles. The number of carbonyl (C=O) groups excluding carboxylic acids is 1. The smallest absolute Gasteiger partial charge is 0.328 e. The molecule has 5 nitrogen and oxygen atoms in total. The van der Waals surface area contributed by atoms with Crippen LogP contribution in [0.5, 0.6) is 0 Å². The standard InChI is InChI=1S/C9H8N2O3/c10-9(14)7-3-6(4-11-5-7)1-2-8(12)13/h1-5H,(H2,10,14)(H,12,13). The van der Waals surface area contributed by atoms with Gasteiger partial charge < -0.3 is 10.8 Å². The van der Waals surface area contributed by atoms with Crippen molar-refractivity contribution in [3.05, 3.63) is 35.7 Å². The number of nitrogens with zero attached hydrogens (tertiary/aromatic N) is 1. The second kappa shape index (κ2) is 4.18. The van der Waals surface area contributed by atoms with Gasteiger partial charge in [0.25, 0.3) is 0 Å². The van der Waals surface area contributed by atoms with E-state index in [1.54, 1.807) is 0 Å². The minimum atomic E-state index is -1.06. The molecule has 72 valence electrons. The zero-order valence-electron chi connectivity index (χ0n) is 7.18. The number of aliphatic carboxylic acids is 1. The summed E-state index contributed by atoms with van der Waals surface area (Å²) >= 11 is 0. The Bertz CT molecular complexity index is 399. The van der Waals surface area contributed by atoms with Crippen molar-refractivity contribution in [1.29, 1.82) is 0 Å². The summed E-state index contributed by atoms with van der Waals surface area (Å²) in [6.07, 6.45) is 5.05. The fraction of sp³-hybridized carbons (Fsp3) is 0. The van der Waals surface area contributed by atoms with E-state index < -0.39 is 11.9 Å². The van der Waals surface area contributed by atoms with Gasteiger partial charge in [0.15, 0.2) is 0 Å². The van der Waals surface area contributed by atoms with Gasteiger partial charge in [-0.05, 0) is 17.7 Å². The Balaban J connectivity index is 2.94. The van der Waals surface area contributed by atoms with Crippen LogP contribution in [-0.2, 0) is 4.79 Å². The highest BCUT2D eigenvalue weighted by atomic mass is 16.4. The third kappa shape index (κ3) is 2.71. The summed E-state index contributed by atoms with van der Waals surface area (Å²) in [7, 11) is 0. The van der Waals surface area contributed by atoms with Crippen LogP contribution in [0.1, 0.15) is 15.9 Å². The highest BCUT2D eigenvalue weighted by Crippen LogP contribution is 2.03. The number of carbonyl (C=O) groups is 2. The molecule has 0 radical (unpaired) electrons. The Hall–Kier alpha value is -2.17. The average molecular weight is 192 g/mol. The number of rotatable bonds is 3. The number of hydrogen-bond donors (Lipinski definition) is 2. The van der Waals surface area contributed by atoms with Crippen molar-refractivity contribution >= 4 is 18.0 Å². The third-order valence-corrected chi connectivity index (χ3v) is 1.46. The molecule has 3 N–H and O–H groups in total. The number of aromatic nitrogens is 1. The molecule has 1 heterocycles. The van der Waals surface area contributed by atoms with E-state index in [1.165, 1.54) is 24.5 Å². The van der Waals surface area contributed by atoms with Crippen LogP contribution in [0.4, 0.5) is 0 Å². The Morgan fingerprint density at radius 3 is 2.71 bits per heavy atom. The first-order valence-electron chi connectivity index (χ1n) is 3.75. The van der Waals surface area contributed by atoms with Gasteiger partial charge in [-0.25, -0.2) is 4.79 Å². The second-order valence-electron chi connectivity index (χ2n) is 2.54. The fourth-order valence-electron chi connectivity index (χ4n) is 0.851. The van der Waals surface area contributed by atoms with E-state index >= 15 is 0 Å². The molecule has 0 aliphatic rings. The quantitative estimate of drug-likeness (QED) is 0.672. The lowest BCUT2D eigenvalue weighted by molar-refractivity contribution is -0.131. The van der Waals surface area contributed by atoms with Crippen molar-refractivity contribution in [3.63, 3.8) is 0 Å². The molecule has 5 heteroatoms. The first kappa shape index (κ1) is 9.91. The molecule has 0 saturated carbocycles. The fourth-order valence-corrected chi connectivity index (χ4v) is 0.851. The maximum atomic E-state index is 10.7. The summed E-state index contributed by atoms with van der Waals surface area (Å²) in [6, 6.07) is 1.47. The van der Waals surface area contributed by atoms with Crippen molar-refractivity contribution < 1.29 is 14.7 Å². The zero-order chi connectivity index (χ0) is 10.6. The summed E-state index contributed by atoms with van der Waals surface area (Å²) in [4.78, 5) is 24.7. The van der Waals surface area contributed by atoms with E-state index in [0.29, 0.717) is 5.56 Å². The molecule has 0 fully saturated rings. The van der Waals surface area contributed by atoms with Crippen LogP contribution in [0.15, 0.2) is 24.5 Å². The predicted octanol–water partition coefficient (Wildman–Crippen LogP) is 0.278. The van der Waals surface area contributed by atoms with Crippen molar-refractivity contribution in [3.8, 4) is 0 Å². The van der Waals surface area contributed by atoms with Crippen molar-refractivity contribution in [2.45, 2.75) is 0 Å². The van der Waals surface area contributed by atoms with Gasteiger partial charge in [0.05, 0.1) is 5.56 Å². The molecule has 0 atom stereocenters. The van der Waals surface area contributed by atoms with Gasteiger partial charge in [0.2, 0.25) is 5.91 Å². The number of nitrogens with two attached hydrogens (primary N) is 1. The summed E-state index contributed by atoms with van der Waals surface area (Å²) in [5, 5.41) is 8.35. The summed E-state index contributed by atoms with van der Waals surface area (Å²) < 4.78 is 0. The van der Waals surface area contributed by atoms with Crippen molar-refractivity contribution in [2.24, 2.45) is 5.73 Å². The molecule has 0 spiro atoms. The molecule has 1 amide bonds. The van der Waals surface area contributed by atoms with E-state index in [9.17, 15) is 9.59 Å². The van der Waals surface area contributed by atoms with Gasteiger partial charge in [-0.15, -0.1) is 0 Å². The molecule has 1 aromatic rings. The Morgan fingerprint density at radius 1 is 1.43 bits per heavy atom. The topological polar surface area (TPSA) is 93.3 Å². The van der Waals surface area contributed by atoms with Crippen LogP contribution in [0.2, 0.25) is 0 Å². The maximum absolute atomic E-state index is 10.7. The summed E-state index contributed by atoms with van der Waals surface area (Å²) in [6.45, 7) is 0. The molecule has 0 aliphatic carbocycles. The molecule has 0 aliphatic heterocycles. The molecule has 14 heavy (non-hydrogen) atoms. The maximum Gasteiger partial charge on any atom is 0.328 e. The lowest BCUT2D eigenvalue weighted by Gasteiger charge is -1.95. The van der Waals surface area contributed by atoms with Crippen molar-refractivity contribution in [1.82, 2.24) is 4.98 Å². The van der Waals surface area contributed by atoms with E-state index in [2.05, 4.69) is 4.98 Å². The zero-order valence-corrected chi connectivity index (χ0v) is 7.18. The van der Waals surface area contributed by atoms with Crippen LogP contribution in [0, 0.1) is 0 Å². The van der Waals surface area contributed by atoms with Crippen LogP contribution >= 0.6 is 0 Å². The first-order chi connectivity index (χ1) is 6.59. The van der Waals surface area contributed by atoms with E-state index in [0.717, 1.165) is 6.08 Å². The number of hydrogen-bond acceptors (Lipinski definition) is 3. The summed E-state index contributed by atoms with van der Waals surface area (Å²) in [5.74, 6) is -1.66. The van der Waals surface area contributed by atoms with Gasteiger partial charge in [-0.2, -0.15) is 0 Å². The highest BCUT2D eigenvalue weighted by Gasteiger charge is 2.00. The number of amides is 1. The average Bonchev–Trinajstić information content (AvgIpc) is 2.15. The van der Waals surface area contributed by atoms with Gasteiger partial charge >= 0.3 is 5.97 Å². The monoisotopic (exact) mass is 192 g/mol. The third-order valence-electron chi connectivity index (χ3n) is 1.46. The highest BCUT2D eigenvalue weighted by molar-refractivity contribution is 5.93. The van der Waals surface area contributed by atoms with Crippen LogP contribution in [0.25, 0.3) is 6.08 Å². The minimum absolute atomic E-state index is 0.248. The first-order valence-corrected chi connectivity index (χ1v) is 3.75. The van der Waals surface area contributed by atoms with E-state index in [-0.39, 0.29) is 5.56 Å². The number of carboxylic acid groups (broad SMARTS) is 1. The molecule has 0 unspecified atom stereocenters. The van der Waals surface area contributed by atoms with Gasteiger partial charge in [0, 0.05) is 18.5 Å². The molecule has 0 aromatic carbocycles.